The van der Waals surface area contributed by atoms with Crippen molar-refractivity contribution in [3.05, 3.63) is 46.7 Å². The number of nitrogens with zero attached hydrogens (tertiary/aromatic N) is 1. The highest BCUT2D eigenvalue weighted by Crippen LogP contribution is 2.48. The minimum Gasteiger partial charge on any atom is -0.369 e. The Morgan fingerprint density at radius 3 is 2.77 bits per heavy atom. The van der Waals surface area contributed by atoms with E-state index in [1.165, 1.54) is 23.5 Å². The number of nitrogens with two attached hydrogens (primary N) is 1. The van der Waals surface area contributed by atoms with Gasteiger partial charge < -0.3 is 11.1 Å². The minimum atomic E-state index is -0.457. The van der Waals surface area contributed by atoms with Gasteiger partial charge in [0.1, 0.15) is 5.82 Å². The first-order chi connectivity index (χ1) is 10.5. The quantitative estimate of drug-likeness (QED) is 0.884. The number of amides is 2. The highest BCUT2D eigenvalue weighted by molar-refractivity contribution is 7.13. The lowest BCUT2D eigenvalue weighted by Gasteiger charge is -2.01. The first kappa shape index (κ1) is 14.6. The normalized spacial score (nSPS) is 19.7. The summed E-state index contributed by atoms with van der Waals surface area (Å²) >= 11 is 1.26. The molecule has 1 heterocycles. The lowest BCUT2D eigenvalue weighted by Crippen LogP contribution is -2.15. The molecule has 5 nitrogen and oxygen atoms in total. The van der Waals surface area contributed by atoms with E-state index in [0.29, 0.717) is 10.8 Å². The first-order valence-corrected chi connectivity index (χ1v) is 7.70. The fraction of sp³-hybridized carbons (Fsp3) is 0.267. The number of carbonyl (C=O) groups is 2. The van der Waals surface area contributed by atoms with Crippen molar-refractivity contribution in [1.29, 1.82) is 0 Å². The van der Waals surface area contributed by atoms with Crippen molar-refractivity contribution in [3.8, 4) is 0 Å². The SMILES string of the molecule is NC(=O)Cc1csc(NC(=O)C2CC2c2ccc(F)cc2)n1. The molecule has 0 radical (unpaired) electrons. The molecular weight excluding hydrogens is 305 g/mol. The van der Waals surface area contributed by atoms with Crippen LogP contribution in [0.1, 0.15) is 23.6 Å². The summed E-state index contributed by atoms with van der Waals surface area (Å²) in [7, 11) is 0. The highest BCUT2D eigenvalue weighted by atomic mass is 32.1. The second-order valence-electron chi connectivity index (χ2n) is 5.28. The molecule has 3 rings (SSSR count). The highest BCUT2D eigenvalue weighted by Gasteiger charge is 2.44. The lowest BCUT2D eigenvalue weighted by atomic mass is 10.1. The largest absolute Gasteiger partial charge is 0.369 e. The molecule has 7 heteroatoms. The Morgan fingerprint density at radius 1 is 1.36 bits per heavy atom. The second kappa shape index (κ2) is 5.84. The van der Waals surface area contributed by atoms with Gasteiger partial charge in [0, 0.05) is 11.3 Å². The Balaban J connectivity index is 1.58. The van der Waals surface area contributed by atoms with Gasteiger partial charge in [-0.3, -0.25) is 9.59 Å². The van der Waals surface area contributed by atoms with Gasteiger partial charge in [-0.15, -0.1) is 11.3 Å². The van der Waals surface area contributed by atoms with Gasteiger partial charge in [0.25, 0.3) is 0 Å². The number of anilines is 1. The molecule has 1 aliphatic carbocycles. The van der Waals surface area contributed by atoms with E-state index in [1.807, 2.05) is 0 Å². The third-order valence-corrected chi connectivity index (χ3v) is 4.37. The van der Waals surface area contributed by atoms with Crippen molar-refractivity contribution in [2.75, 3.05) is 5.32 Å². The zero-order valence-corrected chi connectivity index (χ0v) is 12.4. The van der Waals surface area contributed by atoms with Crippen molar-refractivity contribution < 1.29 is 14.0 Å². The molecular formula is C15H14FN3O2S. The summed E-state index contributed by atoms with van der Waals surface area (Å²) < 4.78 is 12.9. The molecule has 0 spiro atoms. The molecule has 0 saturated heterocycles. The summed E-state index contributed by atoms with van der Waals surface area (Å²) in [5, 5.41) is 4.91. The van der Waals surface area contributed by atoms with E-state index < -0.39 is 5.91 Å². The van der Waals surface area contributed by atoms with Crippen molar-refractivity contribution in [1.82, 2.24) is 4.98 Å². The second-order valence-corrected chi connectivity index (χ2v) is 6.13. The van der Waals surface area contributed by atoms with Gasteiger partial charge >= 0.3 is 0 Å². The number of benzene rings is 1. The van der Waals surface area contributed by atoms with Crippen LogP contribution in [0.3, 0.4) is 0 Å². The average molecular weight is 319 g/mol. The summed E-state index contributed by atoms with van der Waals surface area (Å²) in [4.78, 5) is 27.1. The Labute approximate surface area is 130 Å². The fourth-order valence-electron chi connectivity index (χ4n) is 2.39. The maximum absolute atomic E-state index is 12.9. The summed E-state index contributed by atoms with van der Waals surface area (Å²) in [5.74, 6) is -0.828. The van der Waals surface area contributed by atoms with Crippen LogP contribution in [0.4, 0.5) is 9.52 Å². The van der Waals surface area contributed by atoms with Crippen LogP contribution >= 0.6 is 11.3 Å². The van der Waals surface area contributed by atoms with Crippen LogP contribution in [-0.2, 0) is 16.0 Å². The van der Waals surface area contributed by atoms with Crippen LogP contribution in [0.25, 0.3) is 0 Å². The molecule has 1 fully saturated rings. The van der Waals surface area contributed by atoms with Crippen LogP contribution < -0.4 is 11.1 Å². The molecule has 1 saturated carbocycles. The Bertz CT molecular complexity index is 714. The van der Waals surface area contributed by atoms with E-state index in [9.17, 15) is 14.0 Å². The van der Waals surface area contributed by atoms with Crippen molar-refractivity contribution >= 4 is 28.3 Å². The van der Waals surface area contributed by atoms with Crippen LogP contribution in [0.2, 0.25) is 0 Å². The maximum Gasteiger partial charge on any atom is 0.229 e. The number of primary amides is 1. The molecule has 2 atom stereocenters. The van der Waals surface area contributed by atoms with Crippen LogP contribution in [0.15, 0.2) is 29.6 Å². The number of hydrogen-bond acceptors (Lipinski definition) is 4. The van der Waals surface area contributed by atoms with Gasteiger partial charge in [-0.2, -0.15) is 0 Å². The third-order valence-electron chi connectivity index (χ3n) is 3.56. The molecule has 114 valence electrons. The monoisotopic (exact) mass is 319 g/mol. The Hall–Kier alpha value is -2.28. The third kappa shape index (κ3) is 3.30. The summed E-state index contributed by atoms with van der Waals surface area (Å²) in [5.41, 5.74) is 6.62. The standard InChI is InChI=1S/C15H14FN3O2S/c16-9-3-1-8(2-4-9)11-6-12(11)14(21)19-15-18-10(7-22-15)5-13(17)20/h1-4,7,11-12H,5-6H2,(H2,17,20)(H,18,19,21). The van der Waals surface area contributed by atoms with E-state index in [-0.39, 0.29) is 30.0 Å². The molecule has 2 unspecified atom stereocenters. The number of halogens is 1. The zero-order chi connectivity index (χ0) is 15.7. The molecule has 0 aliphatic heterocycles. The van der Waals surface area contributed by atoms with Gasteiger partial charge in [0.05, 0.1) is 12.1 Å². The predicted octanol–water partition coefficient (Wildman–Crippen LogP) is 2.05. The van der Waals surface area contributed by atoms with Gasteiger partial charge in [-0.1, -0.05) is 12.1 Å². The first-order valence-electron chi connectivity index (χ1n) is 6.82. The topological polar surface area (TPSA) is 85.1 Å². The van der Waals surface area contributed by atoms with Gasteiger partial charge in [0.2, 0.25) is 11.8 Å². The van der Waals surface area contributed by atoms with Gasteiger partial charge in [0.15, 0.2) is 5.13 Å². The summed E-state index contributed by atoms with van der Waals surface area (Å²) in [6.07, 6.45) is 0.811. The van der Waals surface area contributed by atoms with Gasteiger partial charge in [-0.25, -0.2) is 9.37 Å². The number of aromatic nitrogens is 1. The number of carbonyl (C=O) groups excluding carboxylic acids is 2. The fourth-order valence-corrected chi connectivity index (χ4v) is 3.10. The predicted molar refractivity (Wildman–Crippen MR) is 80.9 cm³/mol. The Morgan fingerprint density at radius 2 is 2.09 bits per heavy atom. The summed E-state index contributed by atoms with van der Waals surface area (Å²) in [6, 6.07) is 6.22. The Kier molecular flexibility index (Phi) is 3.89. The van der Waals surface area contributed by atoms with Crippen molar-refractivity contribution in [2.24, 2.45) is 11.7 Å². The van der Waals surface area contributed by atoms with Gasteiger partial charge in [-0.05, 0) is 30.0 Å². The van der Waals surface area contributed by atoms with Crippen LogP contribution in [0.5, 0.6) is 0 Å². The molecule has 2 aromatic rings. The van der Waals surface area contributed by atoms with Crippen molar-refractivity contribution in [2.45, 2.75) is 18.8 Å². The molecule has 22 heavy (non-hydrogen) atoms. The number of rotatable bonds is 5. The maximum atomic E-state index is 12.9. The van der Waals surface area contributed by atoms with E-state index in [2.05, 4.69) is 10.3 Å². The molecule has 1 aliphatic rings. The smallest absolute Gasteiger partial charge is 0.229 e. The molecule has 2 amide bonds. The minimum absolute atomic E-state index is 0.0635. The molecule has 0 bridgehead atoms. The van der Waals surface area contributed by atoms with E-state index >= 15 is 0 Å². The molecule has 1 aromatic carbocycles. The number of thiazole rings is 1. The van der Waals surface area contributed by atoms with Crippen LogP contribution in [-0.4, -0.2) is 16.8 Å². The zero-order valence-electron chi connectivity index (χ0n) is 11.6. The van der Waals surface area contributed by atoms with E-state index in [1.54, 1.807) is 17.5 Å². The van der Waals surface area contributed by atoms with E-state index in [4.69, 9.17) is 5.73 Å². The van der Waals surface area contributed by atoms with Crippen molar-refractivity contribution in [3.63, 3.8) is 0 Å². The van der Waals surface area contributed by atoms with Crippen LogP contribution in [0, 0.1) is 11.7 Å². The summed E-state index contributed by atoms with van der Waals surface area (Å²) in [6.45, 7) is 0. The van der Waals surface area contributed by atoms with E-state index in [0.717, 1.165) is 12.0 Å². The number of hydrogen-bond donors (Lipinski definition) is 2. The molecule has 1 aromatic heterocycles. The lowest BCUT2D eigenvalue weighted by molar-refractivity contribution is -0.118. The molecule has 3 N–H and O–H groups in total. The average Bonchev–Trinajstić information content (AvgIpc) is 3.15. The number of nitrogens with one attached hydrogen (secondary N) is 1.